The molecule has 2 saturated heterocycles. The van der Waals surface area contributed by atoms with E-state index in [-0.39, 0.29) is 0 Å². The zero-order valence-corrected chi connectivity index (χ0v) is 14.8. The van der Waals surface area contributed by atoms with Crippen LogP contribution in [0.1, 0.15) is 29.1 Å². The molecule has 2 aromatic rings. The Morgan fingerprint density at radius 1 is 1.04 bits per heavy atom. The summed E-state index contributed by atoms with van der Waals surface area (Å²) >= 11 is 1.80. The Morgan fingerprint density at radius 2 is 1.78 bits per heavy atom. The molecule has 0 N–H and O–H groups in total. The van der Waals surface area contributed by atoms with Gasteiger partial charge in [-0.15, -0.1) is 11.3 Å². The minimum absolute atomic E-state index is 0.787. The molecular formula is C17H24N4OS. The molecule has 4 heterocycles. The number of aromatic nitrogens is 2. The fourth-order valence-electron chi connectivity index (χ4n) is 3.49. The van der Waals surface area contributed by atoms with Gasteiger partial charge in [0.2, 0.25) is 0 Å². The molecule has 0 unspecified atom stereocenters. The van der Waals surface area contributed by atoms with Crippen molar-refractivity contribution in [2.45, 2.75) is 33.2 Å². The normalized spacial score (nSPS) is 19.8. The Morgan fingerprint density at radius 3 is 2.52 bits per heavy atom. The van der Waals surface area contributed by atoms with Gasteiger partial charge in [-0.3, -0.25) is 4.90 Å². The van der Waals surface area contributed by atoms with Crippen LogP contribution in [0.5, 0.6) is 0 Å². The first-order valence-electron chi connectivity index (χ1n) is 8.54. The van der Waals surface area contributed by atoms with Crippen LogP contribution in [0, 0.1) is 13.8 Å². The maximum Gasteiger partial charge on any atom is 0.146 e. The third-order valence-electron chi connectivity index (χ3n) is 4.93. The smallest absolute Gasteiger partial charge is 0.146 e. The van der Waals surface area contributed by atoms with Crippen molar-refractivity contribution in [3.05, 3.63) is 16.3 Å². The highest BCUT2D eigenvalue weighted by Gasteiger charge is 2.22. The van der Waals surface area contributed by atoms with E-state index in [1.54, 1.807) is 11.3 Å². The van der Waals surface area contributed by atoms with Gasteiger partial charge < -0.3 is 9.64 Å². The molecule has 6 heteroatoms. The molecular weight excluding hydrogens is 308 g/mol. The highest BCUT2D eigenvalue weighted by atomic mass is 32.1. The summed E-state index contributed by atoms with van der Waals surface area (Å²) in [6.45, 7) is 11.0. The second-order valence-corrected chi connectivity index (χ2v) is 7.71. The summed E-state index contributed by atoms with van der Waals surface area (Å²) in [5, 5.41) is 1.25. The molecule has 4 rings (SSSR count). The van der Waals surface area contributed by atoms with E-state index in [2.05, 4.69) is 23.6 Å². The van der Waals surface area contributed by atoms with Crippen molar-refractivity contribution in [2.24, 2.45) is 0 Å². The van der Waals surface area contributed by atoms with E-state index >= 15 is 0 Å². The third-order valence-corrected chi connectivity index (χ3v) is 6.03. The van der Waals surface area contributed by atoms with Crippen molar-refractivity contribution < 1.29 is 4.74 Å². The zero-order valence-electron chi connectivity index (χ0n) is 14.0. The first-order valence-corrected chi connectivity index (χ1v) is 9.35. The minimum atomic E-state index is 0.787. The number of ether oxygens (including phenoxy) is 1. The van der Waals surface area contributed by atoms with Crippen LogP contribution in [0.15, 0.2) is 0 Å². The van der Waals surface area contributed by atoms with E-state index < -0.39 is 0 Å². The van der Waals surface area contributed by atoms with Crippen molar-refractivity contribution in [3.63, 3.8) is 0 Å². The number of hydrogen-bond donors (Lipinski definition) is 0. The second kappa shape index (κ2) is 6.34. The number of thiophene rings is 1. The topological polar surface area (TPSA) is 41.5 Å². The number of rotatable bonds is 3. The van der Waals surface area contributed by atoms with Crippen LogP contribution in [0.3, 0.4) is 0 Å². The first-order chi connectivity index (χ1) is 11.2. The standard InChI is InChI=1S/C17H24N4OS/c1-12-13(2)23-17-15(12)16(21-7-9-22-10-8-21)18-14(19-17)11-20-5-3-4-6-20/h3-11H2,1-2H3. The molecule has 23 heavy (non-hydrogen) atoms. The van der Waals surface area contributed by atoms with Gasteiger partial charge in [-0.1, -0.05) is 0 Å². The van der Waals surface area contributed by atoms with Gasteiger partial charge in [0.05, 0.1) is 25.1 Å². The van der Waals surface area contributed by atoms with Gasteiger partial charge in [0.25, 0.3) is 0 Å². The lowest BCUT2D eigenvalue weighted by Crippen LogP contribution is -2.37. The molecule has 0 aliphatic carbocycles. The fraction of sp³-hybridized carbons (Fsp3) is 0.647. The molecule has 0 bridgehead atoms. The summed E-state index contributed by atoms with van der Waals surface area (Å²) in [4.78, 5) is 17.2. The highest BCUT2D eigenvalue weighted by molar-refractivity contribution is 7.18. The van der Waals surface area contributed by atoms with Crippen LogP contribution < -0.4 is 4.90 Å². The van der Waals surface area contributed by atoms with E-state index in [1.807, 2.05) is 0 Å². The molecule has 0 aromatic carbocycles. The zero-order chi connectivity index (χ0) is 15.8. The third kappa shape index (κ3) is 2.95. The van der Waals surface area contributed by atoms with Gasteiger partial charge in [-0.05, 0) is 45.3 Å². The summed E-state index contributed by atoms with van der Waals surface area (Å²) in [5.74, 6) is 2.09. The van der Waals surface area contributed by atoms with E-state index in [0.717, 1.165) is 49.3 Å². The molecule has 0 amide bonds. The van der Waals surface area contributed by atoms with E-state index in [4.69, 9.17) is 14.7 Å². The number of likely N-dealkylation sites (tertiary alicyclic amines) is 1. The summed E-state index contributed by atoms with van der Waals surface area (Å²) in [6.07, 6.45) is 2.60. The average Bonchev–Trinajstić information content (AvgIpc) is 3.16. The lowest BCUT2D eigenvalue weighted by atomic mass is 10.2. The summed E-state index contributed by atoms with van der Waals surface area (Å²) in [5.41, 5.74) is 1.33. The molecule has 0 radical (unpaired) electrons. The second-order valence-electron chi connectivity index (χ2n) is 6.51. The van der Waals surface area contributed by atoms with Crippen LogP contribution >= 0.6 is 11.3 Å². The van der Waals surface area contributed by atoms with Gasteiger partial charge in [0.1, 0.15) is 16.5 Å². The van der Waals surface area contributed by atoms with E-state index in [0.29, 0.717) is 0 Å². The van der Waals surface area contributed by atoms with E-state index in [9.17, 15) is 0 Å². The van der Waals surface area contributed by atoms with Crippen LogP contribution in [0.2, 0.25) is 0 Å². The van der Waals surface area contributed by atoms with Crippen molar-refractivity contribution in [1.29, 1.82) is 0 Å². The fourth-order valence-corrected chi connectivity index (χ4v) is 4.53. The quantitative estimate of drug-likeness (QED) is 0.864. The Labute approximate surface area is 141 Å². The number of morpholine rings is 1. The number of nitrogens with zero attached hydrogens (tertiary/aromatic N) is 4. The summed E-state index contributed by atoms with van der Waals surface area (Å²) in [6, 6.07) is 0. The molecule has 2 aliphatic heterocycles. The molecule has 124 valence electrons. The SMILES string of the molecule is Cc1sc2nc(CN3CCCC3)nc(N3CCOCC3)c2c1C. The van der Waals surface area contributed by atoms with Crippen LogP contribution in [-0.2, 0) is 11.3 Å². The van der Waals surface area contributed by atoms with Crippen molar-refractivity contribution >= 4 is 27.4 Å². The number of anilines is 1. The van der Waals surface area contributed by atoms with Gasteiger partial charge in [-0.2, -0.15) is 0 Å². The highest BCUT2D eigenvalue weighted by Crippen LogP contribution is 2.35. The Kier molecular flexibility index (Phi) is 4.22. The van der Waals surface area contributed by atoms with Gasteiger partial charge in [0, 0.05) is 18.0 Å². The van der Waals surface area contributed by atoms with Crippen LogP contribution in [-0.4, -0.2) is 54.3 Å². The number of aryl methyl sites for hydroxylation is 2. The Hall–Kier alpha value is -1.24. The van der Waals surface area contributed by atoms with Gasteiger partial charge >= 0.3 is 0 Å². The number of fused-ring (bicyclic) bond motifs is 1. The van der Waals surface area contributed by atoms with Crippen LogP contribution in [0.25, 0.3) is 10.2 Å². The molecule has 2 fully saturated rings. The Bertz CT molecular complexity index is 702. The molecule has 0 atom stereocenters. The first kappa shape index (κ1) is 15.3. The monoisotopic (exact) mass is 332 g/mol. The predicted molar refractivity (Wildman–Crippen MR) is 94.4 cm³/mol. The summed E-state index contributed by atoms with van der Waals surface area (Å²) < 4.78 is 5.52. The minimum Gasteiger partial charge on any atom is -0.378 e. The molecule has 2 aromatic heterocycles. The summed E-state index contributed by atoms with van der Waals surface area (Å²) in [7, 11) is 0. The molecule has 5 nitrogen and oxygen atoms in total. The number of hydrogen-bond acceptors (Lipinski definition) is 6. The predicted octanol–water partition coefficient (Wildman–Crippen LogP) is 2.74. The maximum absolute atomic E-state index is 5.52. The lowest BCUT2D eigenvalue weighted by molar-refractivity contribution is 0.122. The van der Waals surface area contributed by atoms with E-state index in [1.165, 1.54) is 41.8 Å². The molecule has 0 spiro atoms. The van der Waals surface area contributed by atoms with Crippen molar-refractivity contribution in [3.8, 4) is 0 Å². The van der Waals surface area contributed by atoms with Crippen molar-refractivity contribution in [1.82, 2.24) is 14.9 Å². The average molecular weight is 332 g/mol. The maximum atomic E-state index is 5.52. The van der Waals surface area contributed by atoms with Crippen LogP contribution in [0.4, 0.5) is 5.82 Å². The van der Waals surface area contributed by atoms with Gasteiger partial charge in [-0.25, -0.2) is 9.97 Å². The van der Waals surface area contributed by atoms with Crippen molar-refractivity contribution in [2.75, 3.05) is 44.3 Å². The molecule has 2 aliphatic rings. The lowest BCUT2D eigenvalue weighted by Gasteiger charge is -2.29. The largest absolute Gasteiger partial charge is 0.378 e. The Balaban J connectivity index is 1.76. The molecule has 0 saturated carbocycles. The van der Waals surface area contributed by atoms with Gasteiger partial charge in [0.15, 0.2) is 0 Å².